The highest BCUT2D eigenvalue weighted by Gasteiger charge is 2.17. The molecule has 1 amide bonds. The SMILES string of the molecule is Cc1ccc(-n2cc(C3=CCN(CC(=O)NCc4ccco4)CC3)cn2)cc1C. The molecule has 3 aromatic rings. The van der Waals surface area contributed by atoms with E-state index in [4.69, 9.17) is 4.42 Å². The average molecular weight is 390 g/mol. The number of aromatic nitrogens is 2. The molecule has 0 radical (unpaired) electrons. The van der Waals surface area contributed by atoms with Crippen LogP contribution in [0, 0.1) is 13.8 Å². The topological polar surface area (TPSA) is 63.3 Å². The molecule has 3 heterocycles. The number of carbonyl (C=O) groups is 1. The smallest absolute Gasteiger partial charge is 0.234 e. The van der Waals surface area contributed by atoms with Gasteiger partial charge in [0, 0.05) is 24.8 Å². The van der Waals surface area contributed by atoms with E-state index in [0.717, 1.165) is 36.5 Å². The van der Waals surface area contributed by atoms with Gasteiger partial charge >= 0.3 is 0 Å². The summed E-state index contributed by atoms with van der Waals surface area (Å²) >= 11 is 0. The van der Waals surface area contributed by atoms with E-state index in [0.29, 0.717) is 13.1 Å². The molecule has 150 valence electrons. The van der Waals surface area contributed by atoms with Crippen molar-refractivity contribution in [3.8, 4) is 5.69 Å². The van der Waals surface area contributed by atoms with Gasteiger partial charge in [0.2, 0.25) is 5.91 Å². The van der Waals surface area contributed by atoms with Crippen LogP contribution in [0.5, 0.6) is 0 Å². The van der Waals surface area contributed by atoms with Crippen molar-refractivity contribution >= 4 is 11.5 Å². The van der Waals surface area contributed by atoms with Gasteiger partial charge in [0.1, 0.15) is 5.76 Å². The van der Waals surface area contributed by atoms with Crippen molar-refractivity contribution in [2.24, 2.45) is 0 Å². The van der Waals surface area contributed by atoms with Gasteiger partial charge < -0.3 is 9.73 Å². The van der Waals surface area contributed by atoms with Crippen LogP contribution in [0.4, 0.5) is 0 Å². The minimum absolute atomic E-state index is 0.0146. The Kier molecular flexibility index (Phi) is 5.62. The second-order valence-corrected chi connectivity index (χ2v) is 7.51. The fourth-order valence-electron chi connectivity index (χ4n) is 3.47. The van der Waals surface area contributed by atoms with Gasteiger partial charge in [-0.2, -0.15) is 5.10 Å². The lowest BCUT2D eigenvalue weighted by Crippen LogP contribution is -2.38. The minimum Gasteiger partial charge on any atom is -0.467 e. The lowest BCUT2D eigenvalue weighted by molar-refractivity contribution is -0.122. The van der Waals surface area contributed by atoms with E-state index in [1.54, 1.807) is 6.26 Å². The predicted octanol–water partition coefficient (Wildman–Crippen LogP) is 3.49. The van der Waals surface area contributed by atoms with Gasteiger partial charge in [0.05, 0.1) is 31.2 Å². The Hall–Kier alpha value is -3.12. The molecule has 0 unspecified atom stereocenters. The Balaban J connectivity index is 1.33. The maximum Gasteiger partial charge on any atom is 0.234 e. The van der Waals surface area contributed by atoms with E-state index in [1.165, 1.54) is 16.7 Å². The zero-order valence-corrected chi connectivity index (χ0v) is 16.9. The van der Waals surface area contributed by atoms with Crippen molar-refractivity contribution < 1.29 is 9.21 Å². The van der Waals surface area contributed by atoms with E-state index in [-0.39, 0.29) is 5.91 Å². The highest BCUT2D eigenvalue weighted by molar-refractivity contribution is 5.78. The monoisotopic (exact) mass is 390 g/mol. The number of amides is 1. The number of hydrogen-bond donors (Lipinski definition) is 1. The fraction of sp³-hybridized carbons (Fsp3) is 0.304. The quantitative estimate of drug-likeness (QED) is 0.700. The highest BCUT2D eigenvalue weighted by atomic mass is 16.3. The molecule has 0 saturated heterocycles. The molecule has 0 fully saturated rings. The molecule has 29 heavy (non-hydrogen) atoms. The number of hydrogen-bond acceptors (Lipinski definition) is 4. The van der Waals surface area contributed by atoms with Gasteiger partial charge in [-0.3, -0.25) is 9.69 Å². The summed E-state index contributed by atoms with van der Waals surface area (Å²) in [7, 11) is 0. The van der Waals surface area contributed by atoms with Crippen LogP contribution in [0.3, 0.4) is 0 Å². The Bertz CT molecular complexity index is 1020. The van der Waals surface area contributed by atoms with Crippen molar-refractivity contribution in [1.29, 1.82) is 0 Å². The summed E-state index contributed by atoms with van der Waals surface area (Å²) in [6, 6.07) is 10.1. The average Bonchev–Trinajstić information content (AvgIpc) is 3.41. The normalized spacial score (nSPS) is 14.6. The van der Waals surface area contributed by atoms with Gasteiger partial charge in [0.25, 0.3) is 0 Å². The van der Waals surface area contributed by atoms with Crippen LogP contribution in [0.2, 0.25) is 0 Å². The molecule has 0 spiro atoms. The first-order valence-electron chi connectivity index (χ1n) is 9.91. The molecule has 6 heteroatoms. The van der Waals surface area contributed by atoms with Crippen LogP contribution in [0.1, 0.15) is 28.9 Å². The van der Waals surface area contributed by atoms with E-state index >= 15 is 0 Å². The lowest BCUT2D eigenvalue weighted by atomic mass is 10.0. The summed E-state index contributed by atoms with van der Waals surface area (Å²) in [4.78, 5) is 14.3. The summed E-state index contributed by atoms with van der Waals surface area (Å²) in [5, 5.41) is 7.43. The van der Waals surface area contributed by atoms with Crippen molar-refractivity contribution in [1.82, 2.24) is 20.0 Å². The third-order valence-electron chi connectivity index (χ3n) is 5.41. The number of benzene rings is 1. The number of furan rings is 1. The van der Waals surface area contributed by atoms with Gasteiger partial charge in [0.15, 0.2) is 0 Å². The van der Waals surface area contributed by atoms with Crippen LogP contribution in [-0.4, -0.2) is 40.2 Å². The first kappa shape index (κ1) is 19.2. The van der Waals surface area contributed by atoms with Crippen LogP contribution >= 0.6 is 0 Å². The second kappa shape index (κ2) is 8.49. The Morgan fingerprint density at radius 2 is 2.14 bits per heavy atom. The number of aryl methyl sites for hydroxylation is 2. The van der Waals surface area contributed by atoms with Crippen LogP contribution < -0.4 is 5.32 Å². The maximum absolute atomic E-state index is 12.1. The van der Waals surface area contributed by atoms with Gasteiger partial charge in [-0.05, 0) is 61.2 Å². The number of nitrogens with one attached hydrogen (secondary N) is 1. The molecule has 1 aliphatic rings. The van der Waals surface area contributed by atoms with E-state index < -0.39 is 0 Å². The molecule has 6 nitrogen and oxygen atoms in total. The van der Waals surface area contributed by atoms with Crippen molar-refractivity contribution in [3.05, 3.63) is 77.5 Å². The zero-order chi connectivity index (χ0) is 20.2. The second-order valence-electron chi connectivity index (χ2n) is 7.51. The number of nitrogens with zero attached hydrogens (tertiary/aromatic N) is 3. The zero-order valence-electron chi connectivity index (χ0n) is 16.9. The summed E-state index contributed by atoms with van der Waals surface area (Å²) in [5.74, 6) is 0.778. The molecule has 0 aliphatic carbocycles. The summed E-state index contributed by atoms with van der Waals surface area (Å²) < 4.78 is 7.17. The minimum atomic E-state index is 0.0146. The summed E-state index contributed by atoms with van der Waals surface area (Å²) in [6.07, 6.45) is 8.73. The van der Waals surface area contributed by atoms with Gasteiger partial charge in [-0.1, -0.05) is 12.1 Å². The van der Waals surface area contributed by atoms with Crippen molar-refractivity contribution in [2.75, 3.05) is 19.6 Å². The summed E-state index contributed by atoms with van der Waals surface area (Å²) in [5.41, 5.74) is 6.05. The molecule has 0 saturated carbocycles. The number of carbonyl (C=O) groups excluding carboxylic acids is 1. The first-order chi connectivity index (χ1) is 14.1. The Morgan fingerprint density at radius 3 is 2.86 bits per heavy atom. The maximum atomic E-state index is 12.1. The lowest BCUT2D eigenvalue weighted by Gasteiger charge is -2.25. The Labute approximate surface area is 170 Å². The van der Waals surface area contributed by atoms with E-state index in [9.17, 15) is 4.79 Å². The van der Waals surface area contributed by atoms with Gasteiger partial charge in [-0.25, -0.2) is 4.68 Å². The summed E-state index contributed by atoms with van der Waals surface area (Å²) in [6.45, 7) is 6.67. The standard InChI is InChI=1S/C23H26N4O2/c1-17-5-6-21(12-18(17)2)27-15-20(13-25-27)19-7-9-26(10-8-19)16-23(28)24-14-22-4-3-11-29-22/h3-7,11-13,15H,8-10,14,16H2,1-2H3,(H,24,28). The first-order valence-corrected chi connectivity index (χ1v) is 9.91. The van der Waals surface area contributed by atoms with Crippen LogP contribution in [-0.2, 0) is 11.3 Å². The third-order valence-corrected chi connectivity index (χ3v) is 5.41. The van der Waals surface area contributed by atoms with E-state index in [1.807, 2.05) is 23.0 Å². The van der Waals surface area contributed by atoms with Gasteiger partial charge in [-0.15, -0.1) is 0 Å². The predicted molar refractivity (Wildman–Crippen MR) is 113 cm³/mol. The molecular formula is C23H26N4O2. The molecule has 1 N–H and O–H groups in total. The third kappa shape index (κ3) is 4.66. The Morgan fingerprint density at radius 1 is 1.24 bits per heavy atom. The molecule has 1 aromatic carbocycles. The van der Waals surface area contributed by atoms with Crippen LogP contribution in [0.25, 0.3) is 11.3 Å². The molecule has 2 aromatic heterocycles. The van der Waals surface area contributed by atoms with E-state index in [2.05, 4.69) is 59.6 Å². The molecular weight excluding hydrogens is 364 g/mol. The fourth-order valence-corrected chi connectivity index (χ4v) is 3.47. The largest absolute Gasteiger partial charge is 0.467 e. The molecule has 0 atom stereocenters. The number of rotatable bonds is 6. The molecule has 4 rings (SSSR count). The molecule has 0 bridgehead atoms. The van der Waals surface area contributed by atoms with Crippen molar-refractivity contribution in [3.63, 3.8) is 0 Å². The van der Waals surface area contributed by atoms with Crippen molar-refractivity contribution in [2.45, 2.75) is 26.8 Å². The van der Waals surface area contributed by atoms with Crippen LogP contribution in [0.15, 0.2) is 59.5 Å². The molecule has 1 aliphatic heterocycles. The highest BCUT2D eigenvalue weighted by Crippen LogP contribution is 2.23.